The average Bonchev–Trinajstić information content (AvgIpc) is 2.97. The van der Waals surface area contributed by atoms with E-state index in [1.165, 1.54) is 30.1 Å². The van der Waals surface area contributed by atoms with Crippen molar-refractivity contribution in [3.05, 3.63) is 96.2 Å². The third kappa shape index (κ3) is 6.86. The van der Waals surface area contributed by atoms with Gasteiger partial charge in [0.1, 0.15) is 5.75 Å². The molecule has 10 heteroatoms. The normalized spacial score (nSPS) is 14.7. The predicted molar refractivity (Wildman–Crippen MR) is 151 cm³/mol. The zero-order chi connectivity index (χ0) is 28.8. The van der Waals surface area contributed by atoms with Gasteiger partial charge in [-0.25, -0.2) is 0 Å². The van der Waals surface area contributed by atoms with Gasteiger partial charge in [0.05, 0.1) is 16.0 Å². The topological polar surface area (TPSA) is 74.7 Å². The van der Waals surface area contributed by atoms with Crippen molar-refractivity contribution in [2.75, 3.05) is 17.8 Å². The molecule has 0 bridgehead atoms. The van der Waals surface area contributed by atoms with Gasteiger partial charge in [-0.1, -0.05) is 50.2 Å². The van der Waals surface area contributed by atoms with E-state index in [9.17, 15) is 23.1 Å². The SMILES string of the molecule is CC.O=C(c1ccc(NSc2cccc3cccnc23)cc1)N1CCC(O)(c2ccccc2OC(F)(F)F)CC1. The quantitative estimate of drug-likeness (QED) is 0.236. The van der Waals surface area contributed by atoms with Crippen LogP contribution in [0.1, 0.15) is 42.6 Å². The highest BCUT2D eigenvalue weighted by atomic mass is 32.2. The van der Waals surface area contributed by atoms with E-state index in [2.05, 4.69) is 14.4 Å². The molecule has 0 radical (unpaired) electrons. The van der Waals surface area contributed by atoms with Gasteiger partial charge in [-0.05, 0) is 67.3 Å². The second-order valence-corrected chi connectivity index (χ2v) is 9.83. The number of ether oxygens (including phenoxy) is 1. The van der Waals surface area contributed by atoms with E-state index in [1.54, 1.807) is 29.3 Å². The second kappa shape index (κ2) is 12.6. The Morgan fingerprint density at radius 3 is 2.35 bits per heavy atom. The molecule has 210 valence electrons. The molecule has 1 amide bonds. The molecule has 1 aliphatic rings. The van der Waals surface area contributed by atoms with Crippen molar-refractivity contribution in [3.8, 4) is 5.75 Å². The molecule has 1 saturated heterocycles. The van der Waals surface area contributed by atoms with Gasteiger partial charge in [-0.2, -0.15) is 0 Å². The fraction of sp³-hybridized carbons (Fsp3) is 0.267. The predicted octanol–water partition coefficient (Wildman–Crippen LogP) is 7.40. The van der Waals surface area contributed by atoms with Crippen molar-refractivity contribution >= 4 is 34.4 Å². The van der Waals surface area contributed by atoms with Gasteiger partial charge < -0.3 is 19.5 Å². The molecule has 40 heavy (non-hydrogen) atoms. The number of piperidine rings is 1. The van der Waals surface area contributed by atoms with Gasteiger partial charge >= 0.3 is 6.36 Å². The standard InChI is InChI=1S/C28H24F3N3O3S.C2H6/c29-28(30,31)37-23-8-2-1-7-22(23)27(36)14-17-34(18-15-27)26(35)20-10-12-21(13-11-20)33-38-24-9-3-5-19-6-4-16-32-25(19)24;1-2/h1-13,16,33,36H,14-15,17-18H2;1-2H3. The molecule has 0 unspecified atom stereocenters. The lowest BCUT2D eigenvalue weighted by molar-refractivity contribution is -0.275. The summed E-state index contributed by atoms with van der Waals surface area (Å²) in [5.41, 5.74) is 0.739. The number of para-hydroxylation sites is 2. The Kier molecular flexibility index (Phi) is 9.21. The van der Waals surface area contributed by atoms with E-state index in [0.29, 0.717) is 5.56 Å². The Labute approximate surface area is 235 Å². The molecule has 0 spiro atoms. The Balaban J connectivity index is 0.00000181. The molecule has 6 nitrogen and oxygen atoms in total. The van der Waals surface area contributed by atoms with Crippen LogP contribution in [0.4, 0.5) is 18.9 Å². The number of carbonyl (C=O) groups is 1. The van der Waals surface area contributed by atoms with Crippen molar-refractivity contribution in [3.63, 3.8) is 0 Å². The van der Waals surface area contributed by atoms with Crippen molar-refractivity contribution < 1.29 is 27.8 Å². The minimum absolute atomic E-state index is 0.0683. The molecule has 1 aliphatic heterocycles. The summed E-state index contributed by atoms with van der Waals surface area (Å²) in [7, 11) is 0. The van der Waals surface area contributed by atoms with Crippen LogP contribution in [0.3, 0.4) is 0 Å². The minimum atomic E-state index is -4.87. The lowest BCUT2D eigenvalue weighted by atomic mass is 9.83. The third-order valence-electron chi connectivity index (χ3n) is 6.50. The summed E-state index contributed by atoms with van der Waals surface area (Å²) in [5, 5.41) is 12.2. The number of amides is 1. The van der Waals surface area contributed by atoms with Gasteiger partial charge in [0.15, 0.2) is 0 Å². The molecule has 2 N–H and O–H groups in total. The summed E-state index contributed by atoms with van der Waals surface area (Å²) < 4.78 is 45.9. The summed E-state index contributed by atoms with van der Waals surface area (Å²) in [6.45, 7) is 4.39. The van der Waals surface area contributed by atoms with Crippen LogP contribution in [0, 0.1) is 0 Å². The second-order valence-electron chi connectivity index (χ2n) is 8.98. The van der Waals surface area contributed by atoms with E-state index in [0.717, 1.165) is 21.5 Å². The molecular formula is C30H30F3N3O3S. The van der Waals surface area contributed by atoms with Gasteiger partial charge in [0.25, 0.3) is 5.91 Å². The van der Waals surface area contributed by atoms with E-state index >= 15 is 0 Å². The molecule has 4 aromatic rings. The fourth-order valence-electron chi connectivity index (χ4n) is 4.55. The maximum atomic E-state index is 13.1. The summed E-state index contributed by atoms with van der Waals surface area (Å²) >= 11 is 1.43. The van der Waals surface area contributed by atoms with Crippen molar-refractivity contribution in [2.45, 2.75) is 43.5 Å². The smallest absolute Gasteiger partial charge is 0.405 e. The van der Waals surface area contributed by atoms with E-state index in [1.807, 2.05) is 56.3 Å². The monoisotopic (exact) mass is 569 g/mol. The number of nitrogens with zero attached hydrogens (tertiary/aromatic N) is 2. The molecule has 0 aliphatic carbocycles. The van der Waals surface area contributed by atoms with Crippen LogP contribution < -0.4 is 9.46 Å². The molecule has 0 saturated carbocycles. The van der Waals surface area contributed by atoms with Gasteiger partial charge in [0, 0.05) is 41.5 Å². The molecule has 5 rings (SSSR count). The number of fused-ring (bicyclic) bond motifs is 1. The Hall–Kier alpha value is -3.76. The maximum absolute atomic E-state index is 13.1. The summed E-state index contributed by atoms with van der Waals surface area (Å²) in [6.07, 6.45) is -2.93. The lowest BCUT2D eigenvalue weighted by Crippen LogP contribution is -2.45. The zero-order valence-electron chi connectivity index (χ0n) is 22.1. The minimum Gasteiger partial charge on any atom is -0.405 e. The first-order valence-corrected chi connectivity index (χ1v) is 13.8. The number of hydrogen-bond acceptors (Lipinski definition) is 6. The van der Waals surface area contributed by atoms with Crippen LogP contribution in [0.15, 0.2) is 90.0 Å². The van der Waals surface area contributed by atoms with E-state index in [4.69, 9.17) is 0 Å². The first kappa shape index (κ1) is 29.2. The number of rotatable bonds is 6. The van der Waals surface area contributed by atoms with Crippen LogP contribution in [0.5, 0.6) is 5.75 Å². The number of halogens is 3. The van der Waals surface area contributed by atoms with Crippen LogP contribution in [0.25, 0.3) is 10.9 Å². The summed E-state index contributed by atoms with van der Waals surface area (Å²) in [4.78, 5) is 20.1. The van der Waals surface area contributed by atoms with Crippen molar-refractivity contribution in [1.82, 2.24) is 9.88 Å². The van der Waals surface area contributed by atoms with Gasteiger partial charge in [-0.3, -0.25) is 9.78 Å². The Morgan fingerprint density at radius 1 is 0.975 bits per heavy atom. The van der Waals surface area contributed by atoms with Crippen LogP contribution in [-0.2, 0) is 5.60 Å². The van der Waals surface area contributed by atoms with Crippen LogP contribution in [0.2, 0.25) is 0 Å². The summed E-state index contributed by atoms with van der Waals surface area (Å²) in [5.74, 6) is -0.633. The first-order chi connectivity index (χ1) is 19.2. The van der Waals surface area contributed by atoms with Crippen LogP contribution in [-0.4, -0.2) is 40.3 Å². The average molecular weight is 570 g/mol. The molecule has 2 heterocycles. The number of hydrogen-bond donors (Lipinski definition) is 2. The zero-order valence-corrected chi connectivity index (χ0v) is 22.9. The molecule has 3 aromatic carbocycles. The number of benzene rings is 3. The number of nitrogens with one attached hydrogen (secondary N) is 1. The Bertz CT molecular complexity index is 1430. The molecule has 0 atom stereocenters. The molecule has 1 fully saturated rings. The highest BCUT2D eigenvalue weighted by Crippen LogP contribution is 2.40. The highest BCUT2D eigenvalue weighted by molar-refractivity contribution is 8.00. The first-order valence-electron chi connectivity index (χ1n) is 13.0. The summed E-state index contributed by atoms with van der Waals surface area (Å²) in [6, 6.07) is 22.5. The van der Waals surface area contributed by atoms with Crippen molar-refractivity contribution in [1.29, 1.82) is 0 Å². The number of likely N-dealkylation sites (tertiary alicyclic amines) is 1. The molecule has 1 aromatic heterocycles. The fourth-order valence-corrected chi connectivity index (χ4v) is 5.33. The van der Waals surface area contributed by atoms with Gasteiger partial charge in [0.2, 0.25) is 0 Å². The largest absolute Gasteiger partial charge is 0.573 e. The van der Waals surface area contributed by atoms with Gasteiger partial charge in [-0.15, -0.1) is 13.2 Å². The van der Waals surface area contributed by atoms with Crippen molar-refractivity contribution in [2.24, 2.45) is 0 Å². The lowest BCUT2D eigenvalue weighted by Gasteiger charge is -2.39. The van der Waals surface area contributed by atoms with E-state index < -0.39 is 17.7 Å². The number of aromatic nitrogens is 1. The number of anilines is 1. The number of alkyl halides is 3. The maximum Gasteiger partial charge on any atom is 0.573 e. The Morgan fingerprint density at radius 2 is 1.65 bits per heavy atom. The third-order valence-corrected chi connectivity index (χ3v) is 7.39. The van der Waals surface area contributed by atoms with Crippen LogP contribution >= 0.6 is 11.9 Å². The highest BCUT2D eigenvalue weighted by Gasteiger charge is 2.40. The number of carbonyl (C=O) groups excluding carboxylic acids is 1. The van der Waals surface area contributed by atoms with E-state index in [-0.39, 0.29) is 37.4 Å². The molecular weight excluding hydrogens is 539 g/mol. The number of pyridine rings is 1. The number of aliphatic hydroxyl groups is 1.